The lowest BCUT2D eigenvalue weighted by Crippen LogP contribution is -2.48. The van der Waals surface area contributed by atoms with Crippen LogP contribution in [0.1, 0.15) is 56.7 Å². The maximum absolute atomic E-state index is 13.1. The molecule has 0 spiro atoms. The lowest BCUT2D eigenvalue weighted by Gasteiger charge is -2.39. The monoisotopic (exact) mass is 404 g/mol. The predicted molar refractivity (Wildman–Crippen MR) is 119 cm³/mol. The minimum atomic E-state index is 0.172. The molecule has 5 heteroatoms. The second-order valence-electron chi connectivity index (χ2n) is 9.15. The standard InChI is InChI=1S/C25H32N4O/c1-18-8-5-6-15-29(18)25(30)20-13-16-28(17-14-20)24-21-11-7-12-22(21)26-23(27-24)19-9-3-2-4-10-19/h2-4,9-10,18,20H,5-8,11-17H2,1H3. The summed E-state index contributed by atoms with van der Waals surface area (Å²) in [5.41, 5.74) is 3.64. The third-order valence-corrected chi connectivity index (χ3v) is 7.17. The van der Waals surface area contributed by atoms with Gasteiger partial charge in [-0.05, 0) is 58.3 Å². The molecule has 2 aromatic rings. The van der Waals surface area contributed by atoms with E-state index in [2.05, 4.69) is 28.9 Å². The largest absolute Gasteiger partial charge is 0.356 e. The van der Waals surface area contributed by atoms with Crippen LogP contribution in [0.4, 0.5) is 5.82 Å². The number of rotatable bonds is 3. The highest BCUT2D eigenvalue weighted by atomic mass is 16.2. The van der Waals surface area contributed by atoms with Gasteiger partial charge in [0.1, 0.15) is 5.82 Å². The molecule has 30 heavy (non-hydrogen) atoms. The van der Waals surface area contributed by atoms with Gasteiger partial charge in [0.05, 0.1) is 0 Å². The van der Waals surface area contributed by atoms with E-state index < -0.39 is 0 Å². The SMILES string of the molecule is CC1CCCCN1C(=O)C1CCN(c2nc(-c3ccccc3)nc3c2CCC3)CC1. The topological polar surface area (TPSA) is 49.3 Å². The first-order chi connectivity index (χ1) is 14.7. The minimum Gasteiger partial charge on any atom is -0.356 e. The highest BCUT2D eigenvalue weighted by Crippen LogP contribution is 2.34. The Hall–Kier alpha value is -2.43. The van der Waals surface area contributed by atoms with Gasteiger partial charge in [-0.1, -0.05) is 30.3 Å². The number of benzene rings is 1. The van der Waals surface area contributed by atoms with E-state index in [0.717, 1.165) is 81.8 Å². The Kier molecular flexibility index (Phi) is 5.45. The maximum Gasteiger partial charge on any atom is 0.226 e. The molecule has 5 rings (SSSR count). The van der Waals surface area contributed by atoms with Gasteiger partial charge in [0.25, 0.3) is 0 Å². The van der Waals surface area contributed by atoms with Crippen LogP contribution in [0.25, 0.3) is 11.4 Å². The number of amides is 1. The summed E-state index contributed by atoms with van der Waals surface area (Å²) in [6.45, 7) is 4.98. The number of piperidine rings is 2. The Morgan fingerprint density at radius 3 is 2.50 bits per heavy atom. The fourth-order valence-electron chi connectivity index (χ4n) is 5.39. The normalized spacial score (nSPS) is 22.2. The first-order valence-electron chi connectivity index (χ1n) is 11.7. The average molecular weight is 405 g/mol. The van der Waals surface area contributed by atoms with Gasteiger partial charge >= 0.3 is 0 Å². The zero-order valence-electron chi connectivity index (χ0n) is 18.0. The van der Waals surface area contributed by atoms with Crippen molar-refractivity contribution in [2.45, 2.75) is 64.3 Å². The molecule has 0 bridgehead atoms. The van der Waals surface area contributed by atoms with Crippen LogP contribution in [-0.4, -0.2) is 46.5 Å². The molecule has 158 valence electrons. The lowest BCUT2D eigenvalue weighted by molar-refractivity contribution is -0.139. The first kappa shape index (κ1) is 19.5. The molecular weight excluding hydrogens is 372 g/mol. The molecule has 1 aromatic carbocycles. The van der Waals surface area contributed by atoms with Gasteiger partial charge in [0.15, 0.2) is 5.82 Å². The number of hydrogen-bond acceptors (Lipinski definition) is 4. The van der Waals surface area contributed by atoms with Crippen molar-refractivity contribution in [2.24, 2.45) is 5.92 Å². The number of aryl methyl sites for hydroxylation is 1. The summed E-state index contributed by atoms with van der Waals surface area (Å²) in [4.78, 5) is 27.6. The molecule has 2 aliphatic heterocycles. The van der Waals surface area contributed by atoms with Gasteiger partial charge in [-0.15, -0.1) is 0 Å². The van der Waals surface area contributed by atoms with Crippen LogP contribution in [0.15, 0.2) is 30.3 Å². The van der Waals surface area contributed by atoms with Gasteiger partial charge in [-0.3, -0.25) is 4.79 Å². The number of hydrogen-bond donors (Lipinski definition) is 0. The Bertz CT molecular complexity index is 905. The predicted octanol–water partition coefficient (Wildman–Crippen LogP) is 4.25. The number of carbonyl (C=O) groups is 1. The smallest absolute Gasteiger partial charge is 0.226 e. The van der Waals surface area contributed by atoms with E-state index >= 15 is 0 Å². The molecule has 2 fully saturated rings. The highest BCUT2D eigenvalue weighted by molar-refractivity contribution is 5.79. The Balaban J connectivity index is 1.34. The van der Waals surface area contributed by atoms with Gasteiger partial charge < -0.3 is 9.80 Å². The number of fused-ring (bicyclic) bond motifs is 1. The van der Waals surface area contributed by atoms with Gasteiger partial charge in [0, 0.05) is 48.4 Å². The molecular formula is C25H32N4O. The molecule has 3 aliphatic rings. The molecule has 1 unspecified atom stereocenters. The Morgan fingerprint density at radius 2 is 1.73 bits per heavy atom. The summed E-state index contributed by atoms with van der Waals surface area (Å²) in [6, 6.07) is 10.7. The number of anilines is 1. The summed E-state index contributed by atoms with van der Waals surface area (Å²) >= 11 is 0. The summed E-state index contributed by atoms with van der Waals surface area (Å²) in [7, 11) is 0. The molecule has 0 saturated carbocycles. The summed E-state index contributed by atoms with van der Waals surface area (Å²) in [5, 5.41) is 0. The van der Waals surface area contributed by atoms with Crippen LogP contribution in [0.2, 0.25) is 0 Å². The molecule has 2 saturated heterocycles. The number of carbonyl (C=O) groups excluding carboxylic acids is 1. The average Bonchev–Trinajstić information content (AvgIpc) is 3.28. The van der Waals surface area contributed by atoms with Gasteiger partial charge in [0.2, 0.25) is 5.91 Å². The van der Waals surface area contributed by atoms with Crippen molar-refractivity contribution in [1.29, 1.82) is 0 Å². The Morgan fingerprint density at radius 1 is 0.933 bits per heavy atom. The fraction of sp³-hybridized carbons (Fsp3) is 0.560. The third-order valence-electron chi connectivity index (χ3n) is 7.17. The van der Waals surface area contributed by atoms with Crippen LogP contribution >= 0.6 is 0 Å². The van der Waals surface area contributed by atoms with Crippen molar-refractivity contribution in [3.05, 3.63) is 41.6 Å². The van der Waals surface area contributed by atoms with E-state index in [1.807, 2.05) is 18.2 Å². The molecule has 1 aromatic heterocycles. The zero-order chi connectivity index (χ0) is 20.5. The number of nitrogens with zero attached hydrogens (tertiary/aromatic N) is 4. The van der Waals surface area contributed by atoms with Gasteiger partial charge in [-0.25, -0.2) is 9.97 Å². The van der Waals surface area contributed by atoms with E-state index in [4.69, 9.17) is 9.97 Å². The quantitative estimate of drug-likeness (QED) is 0.767. The van der Waals surface area contributed by atoms with Gasteiger partial charge in [-0.2, -0.15) is 0 Å². The lowest BCUT2D eigenvalue weighted by atomic mass is 9.92. The molecule has 1 amide bonds. The van der Waals surface area contributed by atoms with Crippen molar-refractivity contribution in [3.63, 3.8) is 0 Å². The molecule has 3 heterocycles. The van der Waals surface area contributed by atoms with E-state index in [9.17, 15) is 4.79 Å². The van der Waals surface area contributed by atoms with Crippen molar-refractivity contribution < 1.29 is 4.79 Å². The summed E-state index contributed by atoms with van der Waals surface area (Å²) < 4.78 is 0. The second kappa shape index (κ2) is 8.37. The Labute approximate surface area is 179 Å². The molecule has 1 atom stereocenters. The van der Waals surface area contributed by atoms with Crippen LogP contribution in [0.5, 0.6) is 0 Å². The van der Waals surface area contributed by atoms with E-state index in [1.165, 1.54) is 17.7 Å². The van der Waals surface area contributed by atoms with Crippen LogP contribution in [-0.2, 0) is 17.6 Å². The number of aromatic nitrogens is 2. The second-order valence-corrected chi connectivity index (χ2v) is 9.15. The fourth-order valence-corrected chi connectivity index (χ4v) is 5.39. The first-order valence-corrected chi connectivity index (χ1v) is 11.7. The van der Waals surface area contributed by atoms with Crippen LogP contribution < -0.4 is 4.90 Å². The molecule has 0 N–H and O–H groups in total. The number of likely N-dealkylation sites (tertiary alicyclic amines) is 1. The van der Waals surface area contributed by atoms with E-state index in [0.29, 0.717) is 11.9 Å². The summed E-state index contributed by atoms with van der Waals surface area (Å²) in [5.74, 6) is 2.52. The molecule has 5 nitrogen and oxygen atoms in total. The molecule has 0 radical (unpaired) electrons. The van der Waals surface area contributed by atoms with E-state index in [-0.39, 0.29) is 5.92 Å². The van der Waals surface area contributed by atoms with Crippen molar-refractivity contribution >= 4 is 11.7 Å². The molecule has 1 aliphatic carbocycles. The zero-order valence-corrected chi connectivity index (χ0v) is 18.0. The minimum absolute atomic E-state index is 0.172. The highest BCUT2D eigenvalue weighted by Gasteiger charge is 2.33. The summed E-state index contributed by atoms with van der Waals surface area (Å²) in [6.07, 6.45) is 8.71. The van der Waals surface area contributed by atoms with Crippen molar-refractivity contribution in [2.75, 3.05) is 24.5 Å². The maximum atomic E-state index is 13.1. The van der Waals surface area contributed by atoms with E-state index in [1.54, 1.807) is 0 Å². The van der Waals surface area contributed by atoms with Crippen LogP contribution in [0, 0.1) is 5.92 Å². The van der Waals surface area contributed by atoms with Crippen molar-refractivity contribution in [1.82, 2.24) is 14.9 Å². The third kappa shape index (κ3) is 3.70. The van der Waals surface area contributed by atoms with Crippen LogP contribution in [0.3, 0.4) is 0 Å². The van der Waals surface area contributed by atoms with Crippen molar-refractivity contribution in [3.8, 4) is 11.4 Å².